The highest BCUT2D eigenvalue weighted by Gasteiger charge is 2.10. The van der Waals surface area contributed by atoms with Crippen LogP contribution in [0.1, 0.15) is 12.0 Å². The van der Waals surface area contributed by atoms with Gasteiger partial charge in [0.05, 0.1) is 11.4 Å². The van der Waals surface area contributed by atoms with Crippen LogP contribution in [-0.4, -0.2) is 34.7 Å². The highest BCUT2D eigenvalue weighted by Crippen LogP contribution is 2.31. The lowest BCUT2D eigenvalue weighted by molar-refractivity contribution is -0.137. The first-order valence-electron chi connectivity index (χ1n) is 4.97. The summed E-state index contributed by atoms with van der Waals surface area (Å²) in [4.78, 5) is 12.2. The molecule has 4 nitrogen and oxygen atoms in total. The third-order valence-corrected chi connectivity index (χ3v) is 2.76. The number of phenols is 1. The van der Waals surface area contributed by atoms with E-state index in [0.717, 1.165) is 0 Å². The van der Waals surface area contributed by atoms with Crippen LogP contribution >= 0.6 is 23.2 Å². The van der Waals surface area contributed by atoms with Gasteiger partial charge in [0.25, 0.3) is 0 Å². The highest BCUT2D eigenvalue weighted by atomic mass is 35.5. The second-order valence-electron chi connectivity index (χ2n) is 3.78. The molecule has 0 heterocycles. The molecule has 0 bridgehead atoms. The minimum Gasteiger partial charge on any atom is -0.506 e. The maximum absolute atomic E-state index is 10.4. The monoisotopic (exact) mass is 277 g/mol. The number of aromatic hydroxyl groups is 1. The molecule has 0 amide bonds. The van der Waals surface area contributed by atoms with Crippen LogP contribution in [-0.2, 0) is 11.3 Å². The summed E-state index contributed by atoms with van der Waals surface area (Å²) in [6.45, 7) is 0.776. The molecule has 6 heteroatoms. The van der Waals surface area contributed by atoms with Crippen molar-refractivity contribution in [2.24, 2.45) is 0 Å². The molecule has 0 radical (unpaired) electrons. The van der Waals surface area contributed by atoms with Crippen molar-refractivity contribution in [2.45, 2.75) is 13.0 Å². The molecule has 0 aliphatic carbocycles. The molecule has 0 saturated carbocycles. The Balaban J connectivity index is 2.71. The standard InChI is InChI=1S/C11H13Cl2NO3/c1-14(3-2-10(15)16)6-7-4-8(12)5-9(13)11(7)17/h4-5,17H,2-3,6H2,1H3,(H,15,16). The van der Waals surface area contributed by atoms with E-state index in [1.807, 2.05) is 0 Å². The van der Waals surface area contributed by atoms with E-state index in [1.165, 1.54) is 6.07 Å². The Labute approximate surface area is 109 Å². The maximum Gasteiger partial charge on any atom is 0.304 e. The molecule has 0 unspecified atom stereocenters. The van der Waals surface area contributed by atoms with Gasteiger partial charge in [-0.2, -0.15) is 0 Å². The van der Waals surface area contributed by atoms with Crippen LogP contribution in [0.4, 0.5) is 0 Å². The van der Waals surface area contributed by atoms with Gasteiger partial charge in [0.1, 0.15) is 5.75 Å². The van der Waals surface area contributed by atoms with Crippen LogP contribution in [0, 0.1) is 0 Å². The molecule has 94 valence electrons. The van der Waals surface area contributed by atoms with Crippen molar-refractivity contribution >= 4 is 29.2 Å². The molecule has 0 aliphatic heterocycles. The molecule has 0 aliphatic rings. The number of hydrogen-bond acceptors (Lipinski definition) is 3. The predicted octanol–water partition coefficient (Wildman–Crippen LogP) is 2.61. The van der Waals surface area contributed by atoms with Crippen LogP contribution in [0.3, 0.4) is 0 Å². The number of rotatable bonds is 5. The molecule has 0 spiro atoms. The lowest BCUT2D eigenvalue weighted by Crippen LogP contribution is -2.21. The minimum absolute atomic E-state index is 0.0155. The minimum atomic E-state index is -0.856. The molecule has 17 heavy (non-hydrogen) atoms. The van der Waals surface area contributed by atoms with Gasteiger partial charge in [-0.3, -0.25) is 4.79 Å². The Morgan fingerprint density at radius 1 is 1.41 bits per heavy atom. The summed E-state index contributed by atoms with van der Waals surface area (Å²) in [5.74, 6) is -0.872. The third kappa shape index (κ3) is 4.42. The van der Waals surface area contributed by atoms with Crippen LogP contribution in [0.2, 0.25) is 10.0 Å². The van der Waals surface area contributed by atoms with Gasteiger partial charge in [0.15, 0.2) is 0 Å². The first kappa shape index (κ1) is 14.1. The van der Waals surface area contributed by atoms with E-state index in [-0.39, 0.29) is 17.2 Å². The number of carboxylic acids is 1. The summed E-state index contributed by atoms with van der Waals surface area (Å²) in [6.07, 6.45) is 0.0472. The van der Waals surface area contributed by atoms with E-state index >= 15 is 0 Å². The number of halogens is 2. The van der Waals surface area contributed by atoms with Crippen molar-refractivity contribution in [3.63, 3.8) is 0 Å². The number of phenolic OH excluding ortho intramolecular Hbond substituents is 1. The van der Waals surface area contributed by atoms with E-state index in [4.69, 9.17) is 28.3 Å². The fourth-order valence-corrected chi connectivity index (χ4v) is 1.93. The normalized spacial score (nSPS) is 10.8. The molecule has 0 atom stereocenters. The lowest BCUT2D eigenvalue weighted by Gasteiger charge is -2.16. The van der Waals surface area contributed by atoms with Crippen LogP contribution in [0.15, 0.2) is 12.1 Å². The van der Waals surface area contributed by atoms with Crippen molar-refractivity contribution in [2.75, 3.05) is 13.6 Å². The SMILES string of the molecule is CN(CCC(=O)O)Cc1cc(Cl)cc(Cl)c1O. The fraction of sp³-hybridized carbons (Fsp3) is 0.364. The Hall–Kier alpha value is -0.970. The number of aliphatic carboxylic acids is 1. The molecule has 2 N–H and O–H groups in total. The van der Waals surface area contributed by atoms with Gasteiger partial charge in [-0.1, -0.05) is 23.2 Å². The van der Waals surface area contributed by atoms with Crippen molar-refractivity contribution < 1.29 is 15.0 Å². The van der Waals surface area contributed by atoms with Gasteiger partial charge >= 0.3 is 5.97 Å². The molecule has 1 aromatic rings. The van der Waals surface area contributed by atoms with Crippen molar-refractivity contribution in [3.8, 4) is 5.75 Å². The van der Waals surface area contributed by atoms with Crippen LogP contribution < -0.4 is 0 Å². The zero-order chi connectivity index (χ0) is 13.0. The molecule has 1 aromatic carbocycles. The van der Waals surface area contributed by atoms with E-state index in [0.29, 0.717) is 23.7 Å². The predicted molar refractivity (Wildman–Crippen MR) is 66.7 cm³/mol. The molecule has 0 fully saturated rings. The van der Waals surface area contributed by atoms with Crippen molar-refractivity contribution in [1.82, 2.24) is 4.90 Å². The largest absolute Gasteiger partial charge is 0.506 e. The summed E-state index contributed by atoms with van der Waals surface area (Å²) >= 11 is 11.6. The quantitative estimate of drug-likeness (QED) is 0.869. The van der Waals surface area contributed by atoms with E-state index in [9.17, 15) is 9.90 Å². The summed E-state index contributed by atoms with van der Waals surface area (Å²) in [5.41, 5.74) is 0.579. The average Bonchev–Trinajstić information content (AvgIpc) is 2.22. The number of benzene rings is 1. The summed E-state index contributed by atoms with van der Waals surface area (Å²) in [7, 11) is 1.76. The van der Waals surface area contributed by atoms with Crippen molar-refractivity contribution in [1.29, 1.82) is 0 Å². The molecule has 0 saturated heterocycles. The van der Waals surface area contributed by atoms with Crippen molar-refractivity contribution in [3.05, 3.63) is 27.7 Å². The van der Waals surface area contributed by atoms with Gasteiger partial charge < -0.3 is 15.1 Å². The van der Waals surface area contributed by atoms with Gasteiger partial charge in [-0.05, 0) is 19.2 Å². The molecule has 1 rings (SSSR count). The van der Waals surface area contributed by atoms with Gasteiger partial charge in [-0.25, -0.2) is 0 Å². The Morgan fingerprint density at radius 3 is 2.65 bits per heavy atom. The van der Waals surface area contributed by atoms with Gasteiger partial charge in [0.2, 0.25) is 0 Å². The van der Waals surface area contributed by atoms with E-state index < -0.39 is 5.97 Å². The summed E-state index contributed by atoms with van der Waals surface area (Å²) in [6, 6.07) is 3.07. The van der Waals surface area contributed by atoms with Gasteiger partial charge in [-0.15, -0.1) is 0 Å². The lowest BCUT2D eigenvalue weighted by atomic mass is 10.2. The Bertz CT molecular complexity index is 423. The fourth-order valence-electron chi connectivity index (χ4n) is 1.40. The average molecular weight is 278 g/mol. The maximum atomic E-state index is 10.4. The summed E-state index contributed by atoms with van der Waals surface area (Å²) < 4.78 is 0. The van der Waals surface area contributed by atoms with Crippen LogP contribution in [0.5, 0.6) is 5.75 Å². The second kappa shape index (κ2) is 6.10. The molecule has 0 aromatic heterocycles. The zero-order valence-corrected chi connectivity index (χ0v) is 10.8. The number of carbonyl (C=O) groups is 1. The number of hydrogen-bond donors (Lipinski definition) is 2. The van der Waals surface area contributed by atoms with Crippen LogP contribution in [0.25, 0.3) is 0 Å². The van der Waals surface area contributed by atoms with E-state index in [1.54, 1.807) is 18.0 Å². The Kier molecular flexibility index (Phi) is 5.05. The number of carboxylic acid groups (broad SMARTS) is 1. The first-order valence-corrected chi connectivity index (χ1v) is 5.73. The van der Waals surface area contributed by atoms with E-state index in [2.05, 4.69) is 0 Å². The first-order chi connectivity index (χ1) is 7.90. The topological polar surface area (TPSA) is 60.8 Å². The summed E-state index contributed by atoms with van der Waals surface area (Å²) in [5, 5.41) is 18.9. The molecular weight excluding hydrogens is 265 g/mol. The zero-order valence-electron chi connectivity index (χ0n) is 9.28. The Morgan fingerprint density at radius 2 is 2.06 bits per heavy atom. The third-order valence-electron chi connectivity index (χ3n) is 2.25. The molecular formula is C11H13Cl2NO3. The number of nitrogens with zero attached hydrogens (tertiary/aromatic N) is 1. The smallest absolute Gasteiger partial charge is 0.304 e. The second-order valence-corrected chi connectivity index (χ2v) is 4.62. The van der Waals surface area contributed by atoms with Gasteiger partial charge in [0, 0.05) is 23.7 Å². The highest BCUT2D eigenvalue weighted by molar-refractivity contribution is 6.35.